The molecule has 32 heavy (non-hydrogen) atoms. The number of sulfonamides is 1. The zero-order chi connectivity index (χ0) is 23.1. The second-order valence-electron chi connectivity index (χ2n) is 7.67. The molecule has 2 aliphatic rings. The Morgan fingerprint density at radius 1 is 1.28 bits per heavy atom. The highest BCUT2D eigenvalue weighted by Gasteiger charge is 2.68. The number of fused-ring (bicyclic) bond motifs is 1. The number of phenols is 1. The highest BCUT2D eigenvalue weighted by atomic mass is 32.2. The quantitative estimate of drug-likeness (QED) is 0.562. The molecule has 0 saturated carbocycles. The minimum Gasteiger partial charge on any atom is -0.508 e. The molecule has 4 rings (SSSR count). The number of rotatable bonds is 6. The first kappa shape index (κ1) is 21.9. The van der Waals surface area contributed by atoms with E-state index in [1.54, 1.807) is 12.1 Å². The first-order chi connectivity index (χ1) is 15.2. The molecular weight excluding hydrogens is 436 g/mol. The second kappa shape index (κ2) is 7.99. The maximum absolute atomic E-state index is 13.2. The van der Waals surface area contributed by atoms with E-state index in [0.29, 0.717) is 5.56 Å². The van der Waals surface area contributed by atoms with Gasteiger partial charge in [-0.1, -0.05) is 12.1 Å². The van der Waals surface area contributed by atoms with Crippen molar-refractivity contribution >= 4 is 27.6 Å². The normalized spacial score (nSPS) is 23.3. The molecule has 0 bridgehead atoms. The molecule has 2 atom stereocenters. The third kappa shape index (κ3) is 3.33. The lowest BCUT2D eigenvalue weighted by molar-refractivity contribution is -0.147. The van der Waals surface area contributed by atoms with Crippen molar-refractivity contribution in [3.63, 3.8) is 0 Å². The summed E-state index contributed by atoms with van der Waals surface area (Å²) in [5.41, 5.74) is 4.21. The molecule has 3 N–H and O–H groups in total. The predicted octanol–water partition coefficient (Wildman–Crippen LogP) is -0.367. The lowest BCUT2D eigenvalue weighted by atomic mass is 9.89. The third-order valence-corrected chi connectivity index (χ3v) is 7.75. The number of hydrogen-bond donors (Lipinski definition) is 2. The van der Waals surface area contributed by atoms with E-state index < -0.39 is 45.7 Å². The second-order valence-corrected chi connectivity index (χ2v) is 9.56. The molecule has 0 aliphatic carbocycles. The molecule has 167 valence electrons. The lowest BCUT2D eigenvalue weighted by Crippen LogP contribution is -2.64. The highest BCUT2D eigenvalue weighted by molar-refractivity contribution is 7.89. The van der Waals surface area contributed by atoms with Crippen LogP contribution in [0.25, 0.3) is 0 Å². The number of nitrogens with zero attached hydrogens (tertiary/aromatic N) is 3. The van der Waals surface area contributed by atoms with Gasteiger partial charge in [-0.25, -0.2) is 8.42 Å². The molecular formula is C21H21N4O6S. The van der Waals surface area contributed by atoms with E-state index in [2.05, 4.69) is 4.98 Å². The number of nitrogens with two attached hydrogens (primary N) is 1. The number of Topliss-reactive ketones (excluding diaryl/α,β-unsaturated/α-hetero) is 1. The zero-order valence-corrected chi connectivity index (χ0v) is 17.7. The number of aromatic nitrogens is 1. The number of carbonyl (C=O) groups excluding carboxylic acids is 3. The number of phenolic OH excluding ortho intramolecular Hbond substituents is 1. The number of hydrogen-bond acceptors (Lipinski definition) is 7. The van der Waals surface area contributed by atoms with Gasteiger partial charge in [-0.05, 0) is 42.7 Å². The summed E-state index contributed by atoms with van der Waals surface area (Å²) < 4.78 is 27.3. The van der Waals surface area contributed by atoms with Crippen molar-refractivity contribution in [2.45, 2.75) is 29.3 Å². The summed E-state index contributed by atoms with van der Waals surface area (Å²) in [6.45, 7) is -0.574. The van der Waals surface area contributed by atoms with Gasteiger partial charge in [-0.2, -0.15) is 4.31 Å². The zero-order valence-electron chi connectivity index (χ0n) is 16.9. The van der Waals surface area contributed by atoms with Crippen molar-refractivity contribution in [1.82, 2.24) is 14.2 Å². The number of pyridine rings is 1. The fourth-order valence-electron chi connectivity index (χ4n) is 4.48. The van der Waals surface area contributed by atoms with Crippen molar-refractivity contribution in [2.75, 3.05) is 13.1 Å². The van der Waals surface area contributed by atoms with Gasteiger partial charge in [0.25, 0.3) is 5.91 Å². The SMILES string of the molecule is NC(=O)C12C(=O)CN(S(=O)(=O)c3cccnc3)C1CCN2C(=O)[CH]Cc1cccc(O)c1. The van der Waals surface area contributed by atoms with Gasteiger partial charge < -0.3 is 15.7 Å². The summed E-state index contributed by atoms with van der Waals surface area (Å²) in [4.78, 5) is 43.4. The maximum Gasteiger partial charge on any atom is 0.252 e. The number of likely N-dealkylation sites (tertiary alicyclic amines) is 1. The van der Waals surface area contributed by atoms with Crippen LogP contribution in [0, 0.1) is 6.42 Å². The number of ketones is 1. The Labute approximate surface area is 184 Å². The predicted molar refractivity (Wildman–Crippen MR) is 111 cm³/mol. The molecule has 2 amide bonds. The van der Waals surface area contributed by atoms with Crippen LogP contribution in [0.15, 0.2) is 53.7 Å². The first-order valence-corrected chi connectivity index (χ1v) is 11.3. The van der Waals surface area contributed by atoms with Crippen molar-refractivity contribution in [2.24, 2.45) is 5.73 Å². The Bertz CT molecular complexity index is 1190. The molecule has 10 nitrogen and oxygen atoms in total. The molecule has 2 saturated heterocycles. The van der Waals surface area contributed by atoms with E-state index in [9.17, 15) is 27.9 Å². The number of aromatic hydroxyl groups is 1. The van der Waals surface area contributed by atoms with Gasteiger partial charge in [-0.15, -0.1) is 0 Å². The largest absolute Gasteiger partial charge is 0.508 e. The number of primary amides is 1. The summed E-state index contributed by atoms with van der Waals surface area (Å²) in [6, 6.07) is 8.02. The highest BCUT2D eigenvalue weighted by Crippen LogP contribution is 2.42. The van der Waals surface area contributed by atoms with Crippen LogP contribution in [0.1, 0.15) is 12.0 Å². The van der Waals surface area contributed by atoms with E-state index in [0.717, 1.165) is 15.4 Å². The fraction of sp³-hybridized carbons (Fsp3) is 0.286. The van der Waals surface area contributed by atoms with E-state index in [1.807, 2.05) is 0 Å². The van der Waals surface area contributed by atoms with Crippen molar-refractivity contribution < 1.29 is 27.9 Å². The summed E-state index contributed by atoms with van der Waals surface area (Å²) >= 11 is 0. The first-order valence-electron chi connectivity index (χ1n) is 9.87. The van der Waals surface area contributed by atoms with Gasteiger partial charge in [0.05, 0.1) is 19.0 Å². The van der Waals surface area contributed by atoms with E-state index >= 15 is 0 Å². The molecule has 2 aromatic rings. The summed E-state index contributed by atoms with van der Waals surface area (Å²) in [5, 5.41) is 9.58. The topological polar surface area (TPSA) is 151 Å². The van der Waals surface area contributed by atoms with Gasteiger partial charge in [0.1, 0.15) is 10.6 Å². The average Bonchev–Trinajstić information content (AvgIpc) is 3.30. The smallest absolute Gasteiger partial charge is 0.252 e. The molecule has 2 unspecified atom stereocenters. The summed E-state index contributed by atoms with van der Waals surface area (Å²) in [6.07, 6.45) is 4.09. The summed E-state index contributed by atoms with van der Waals surface area (Å²) in [5.74, 6) is -2.36. The minimum atomic E-state index is -4.14. The molecule has 1 aromatic carbocycles. The number of benzene rings is 1. The van der Waals surface area contributed by atoms with Crippen molar-refractivity contribution in [3.05, 3.63) is 60.8 Å². The Morgan fingerprint density at radius 3 is 2.72 bits per heavy atom. The van der Waals surface area contributed by atoms with Crippen molar-refractivity contribution in [1.29, 1.82) is 0 Å². The van der Waals surface area contributed by atoms with Gasteiger partial charge in [-0.3, -0.25) is 19.4 Å². The van der Waals surface area contributed by atoms with Crippen LogP contribution in [0.3, 0.4) is 0 Å². The summed E-state index contributed by atoms with van der Waals surface area (Å²) in [7, 11) is -4.14. The molecule has 0 spiro atoms. The Kier molecular flexibility index (Phi) is 5.47. The Balaban J connectivity index is 1.63. The van der Waals surface area contributed by atoms with Crippen LogP contribution in [0.5, 0.6) is 5.75 Å². The van der Waals surface area contributed by atoms with E-state index in [-0.39, 0.29) is 30.0 Å². The maximum atomic E-state index is 13.2. The third-order valence-electron chi connectivity index (χ3n) is 5.91. The van der Waals surface area contributed by atoms with Crippen LogP contribution in [-0.4, -0.2) is 70.0 Å². The number of amides is 2. The molecule has 1 radical (unpaired) electrons. The average molecular weight is 457 g/mol. The Hall–Kier alpha value is -3.31. The van der Waals surface area contributed by atoms with Gasteiger partial charge >= 0.3 is 0 Å². The molecule has 1 aromatic heterocycles. The minimum absolute atomic E-state index is 0.00617. The standard InChI is InChI=1S/C21H21N4O6S/c22-20(29)21-17(25(13-18(21)27)32(30,31)16-5-2-9-23-12-16)8-10-24(21)19(28)7-6-14-3-1-4-15(26)11-14/h1-5,7,9,11-12,17,26H,6,8,10,13H2,(H2,22,29). The van der Waals surface area contributed by atoms with Crippen molar-refractivity contribution in [3.8, 4) is 5.75 Å². The monoisotopic (exact) mass is 457 g/mol. The van der Waals surface area contributed by atoms with E-state index in [4.69, 9.17) is 5.73 Å². The Morgan fingerprint density at radius 2 is 2.06 bits per heavy atom. The van der Waals surface area contributed by atoms with Crippen LogP contribution in [0.4, 0.5) is 0 Å². The van der Waals surface area contributed by atoms with Crippen LogP contribution >= 0.6 is 0 Å². The number of carbonyl (C=O) groups is 3. The van der Waals surface area contributed by atoms with Gasteiger partial charge in [0, 0.05) is 18.9 Å². The van der Waals surface area contributed by atoms with Crippen LogP contribution < -0.4 is 5.73 Å². The lowest BCUT2D eigenvalue weighted by Gasteiger charge is -2.34. The molecule has 2 aliphatic heterocycles. The van der Waals surface area contributed by atoms with Gasteiger partial charge in [0.2, 0.25) is 15.9 Å². The van der Waals surface area contributed by atoms with Crippen LogP contribution in [-0.2, 0) is 30.8 Å². The van der Waals surface area contributed by atoms with E-state index in [1.165, 1.54) is 36.9 Å². The fourth-order valence-corrected chi connectivity index (χ4v) is 6.08. The van der Waals surface area contributed by atoms with Crippen LogP contribution in [0.2, 0.25) is 0 Å². The molecule has 11 heteroatoms. The molecule has 2 fully saturated rings. The molecule has 3 heterocycles. The van der Waals surface area contributed by atoms with Gasteiger partial charge in [0.15, 0.2) is 11.3 Å².